The molecule has 1 aromatic heterocycles. The van der Waals surface area contributed by atoms with Gasteiger partial charge in [-0.3, -0.25) is 4.79 Å². The summed E-state index contributed by atoms with van der Waals surface area (Å²) in [5.74, 6) is 0.647. The summed E-state index contributed by atoms with van der Waals surface area (Å²) in [7, 11) is 2.18. The predicted octanol–water partition coefficient (Wildman–Crippen LogP) is 5.61. The number of benzene rings is 3. The van der Waals surface area contributed by atoms with Crippen LogP contribution in [-0.4, -0.2) is 42.3 Å². The first-order valence-electron chi connectivity index (χ1n) is 12.7. The third-order valence-corrected chi connectivity index (χ3v) is 7.40. The third kappa shape index (κ3) is 5.26. The van der Waals surface area contributed by atoms with Gasteiger partial charge in [-0.05, 0) is 80.2 Å². The number of carbonyl (C=O) groups is 1. The number of nitrogens with one attached hydrogen (secondary N) is 2. The lowest BCUT2D eigenvalue weighted by Gasteiger charge is -2.29. The Hall–Kier alpha value is -3.72. The number of rotatable bonds is 8. The summed E-state index contributed by atoms with van der Waals surface area (Å²) in [6.45, 7) is 2.91. The van der Waals surface area contributed by atoms with Crippen LogP contribution in [0.15, 0.2) is 79.0 Å². The van der Waals surface area contributed by atoms with Gasteiger partial charge in [0.15, 0.2) is 5.78 Å². The fourth-order valence-corrected chi connectivity index (χ4v) is 5.21. The lowest BCUT2D eigenvalue weighted by Crippen LogP contribution is -2.30. The molecule has 5 rings (SSSR count). The standard InChI is InChI=1S/C31H32N4O/c1-35-17-14-24(15-18-35)26-11-12-27-28(21-34-29(27)19-26)31(36)30(25-5-3-2-4-6-25)33-16-13-22-7-9-23(20-32)10-8-22/h2-12,19,21,24,30,33-34H,13-18H2,1H3. The van der Waals surface area contributed by atoms with E-state index in [2.05, 4.69) is 46.5 Å². The fourth-order valence-electron chi connectivity index (χ4n) is 5.21. The van der Waals surface area contributed by atoms with Crippen molar-refractivity contribution in [1.29, 1.82) is 5.26 Å². The normalized spacial score (nSPS) is 15.6. The Morgan fingerprint density at radius 3 is 2.56 bits per heavy atom. The molecule has 182 valence electrons. The maximum atomic E-state index is 13.8. The van der Waals surface area contributed by atoms with Gasteiger partial charge in [-0.25, -0.2) is 0 Å². The van der Waals surface area contributed by atoms with Gasteiger partial charge >= 0.3 is 0 Å². The highest BCUT2D eigenvalue weighted by Crippen LogP contribution is 2.31. The number of hydrogen-bond donors (Lipinski definition) is 2. The number of ketones is 1. The van der Waals surface area contributed by atoms with Gasteiger partial charge < -0.3 is 15.2 Å². The van der Waals surface area contributed by atoms with Gasteiger partial charge in [0.05, 0.1) is 17.7 Å². The molecule has 2 heterocycles. The quantitative estimate of drug-likeness (QED) is 0.325. The van der Waals surface area contributed by atoms with Crippen LogP contribution < -0.4 is 5.32 Å². The Balaban J connectivity index is 1.35. The molecule has 0 bridgehead atoms. The van der Waals surface area contributed by atoms with Crippen LogP contribution in [0.1, 0.15) is 57.4 Å². The van der Waals surface area contributed by atoms with Gasteiger partial charge in [-0.1, -0.05) is 54.6 Å². The van der Waals surface area contributed by atoms with E-state index in [9.17, 15) is 4.79 Å². The lowest BCUT2D eigenvalue weighted by atomic mass is 9.88. The van der Waals surface area contributed by atoms with Crippen molar-refractivity contribution in [3.63, 3.8) is 0 Å². The first kappa shape index (κ1) is 24.0. The van der Waals surface area contributed by atoms with Crippen LogP contribution in [0.2, 0.25) is 0 Å². The van der Waals surface area contributed by atoms with Gasteiger partial charge in [-0.2, -0.15) is 5.26 Å². The minimum absolute atomic E-state index is 0.0688. The number of nitrogens with zero attached hydrogens (tertiary/aromatic N) is 2. The van der Waals surface area contributed by atoms with Crippen LogP contribution in [0.25, 0.3) is 10.9 Å². The Bertz CT molecular complexity index is 1360. The van der Waals surface area contributed by atoms with Crippen molar-refractivity contribution in [2.75, 3.05) is 26.7 Å². The van der Waals surface area contributed by atoms with Crippen molar-refractivity contribution in [3.8, 4) is 6.07 Å². The molecule has 2 N–H and O–H groups in total. The second-order valence-corrected chi connectivity index (χ2v) is 9.81. The Kier molecular flexibility index (Phi) is 7.27. The maximum absolute atomic E-state index is 13.8. The number of likely N-dealkylation sites (tertiary alicyclic amines) is 1. The van der Waals surface area contributed by atoms with Crippen molar-refractivity contribution in [2.45, 2.75) is 31.2 Å². The van der Waals surface area contributed by atoms with E-state index in [1.54, 1.807) is 0 Å². The van der Waals surface area contributed by atoms with Crippen LogP contribution in [0, 0.1) is 11.3 Å². The molecule has 36 heavy (non-hydrogen) atoms. The van der Waals surface area contributed by atoms with Crippen molar-refractivity contribution in [1.82, 2.24) is 15.2 Å². The van der Waals surface area contributed by atoms with Gasteiger partial charge in [0.1, 0.15) is 0 Å². The summed E-state index contributed by atoms with van der Waals surface area (Å²) >= 11 is 0. The third-order valence-electron chi connectivity index (χ3n) is 7.40. The zero-order valence-corrected chi connectivity index (χ0v) is 20.7. The summed E-state index contributed by atoms with van der Waals surface area (Å²) in [5, 5.41) is 13.5. The molecule has 1 saturated heterocycles. The summed E-state index contributed by atoms with van der Waals surface area (Å²) in [5.41, 5.74) is 5.85. The zero-order chi connectivity index (χ0) is 24.9. The molecule has 3 aromatic carbocycles. The highest BCUT2D eigenvalue weighted by molar-refractivity contribution is 6.10. The van der Waals surface area contributed by atoms with Crippen molar-refractivity contribution >= 4 is 16.7 Å². The van der Waals surface area contributed by atoms with E-state index in [0.29, 0.717) is 18.0 Å². The maximum Gasteiger partial charge on any atom is 0.186 e. The number of Topliss-reactive ketones (excluding diaryl/α,β-unsaturated/α-hetero) is 1. The number of nitriles is 1. The van der Waals surface area contributed by atoms with E-state index in [1.807, 2.05) is 60.8 Å². The largest absolute Gasteiger partial charge is 0.360 e. The Morgan fingerprint density at radius 2 is 1.83 bits per heavy atom. The number of fused-ring (bicyclic) bond motifs is 1. The molecular weight excluding hydrogens is 444 g/mol. The van der Waals surface area contributed by atoms with Crippen LogP contribution in [-0.2, 0) is 6.42 Å². The van der Waals surface area contributed by atoms with Gasteiger partial charge in [0.2, 0.25) is 0 Å². The molecule has 0 radical (unpaired) electrons. The Labute approximate surface area is 212 Å². The molecule has 1 unspecified atom stereocenters. The van der Waals surface area contributed by atoms with Crippen molar-refractivity contribution < 1.29 is 4.79 Å². The van der Waals surface area contributed by atoms with E-state index in [4.69, 9.17) is 5.26 Å². The van der Waals surface area contributed by atoms with Crippen LogP contribution in [0.3, 0.4) is 0 Å². The molecule has 0 saturated carbocycles. The first-order valence-corrected chi connectivity index (χ1v) is 12.7. The minimum atomic E-state index is -0.433. The molecule has 4 aromatic rings. The summed E-state index contributed by atoms with van der Waals surface area (Å²) in [6.07, 6.45) is 4.99. The van der Waals surface area contributed by atoms with Crippen molar-refractivity contribution in [2.24, 2.45) is 0 Å². The first-order chi connectivity index (χ1) is 17.6. The molecule has 0 aliphatic carbocycles. The summed E-state index contributed by atoms with van der Waals surface area (Å²) in [4.78, 5) is 19.6. The highest BCUT2D eigenvalue weighted by atomic mass is 16.1. The van der Waals surface area contributed by atoms with Gasteiger partial charge in [0.25, 0.3) is 0 Å². The van der Waals surface area contributed by atoms with Gasteiger partial charge in [0, 0.05) is 29.2 Å². The summed E-state index contributed by atoms with van der Waals surface area (Å²) < 4.78 is 0. The molecule has 1 aliphatic heterocycles. The number of carbonyl (C=O) groups excluding carboxylic acids is 1. The molecule has 5 heteroatoms. The van der Waals surface area contributed by atoms with E-state index in [-0.39, 0.29) is 5.78 Å². The average molecular weight is 477 g/mol. The Morgan fingerprint density at radius 1 is 1.08 bits per heavy atom. The average Bonchev–Trinajstić information content (AvgIpc) is 3.35. The van der Waals surface area contributed by atoms with Crippen LogP contribution in [0.4, 0.5) is 0 Å². The molecule has 1 aliphatic rings. The molecule has 0 spiro atoms. The van der Waals surface area contributed by atoms with E-state index in [0.717, 1.165) is 47.1 Å². The number of piperidine rings is 1. The predicted molar refractivity (Wildman–Crippen MR) is 144 cm³/mol. The topological polar surface area (TPSA) is 71.9 Å². The second-order valence-electron chi connectivity index (χ2n) is 9.81. The van der Waals surface area contributed by atoms with Gasteiger partial charge in [-0.15, -0.1) is 0 Å². The fraction of sp³-hybridized carbons (Fsp3) is 0.290. The number of aromatic nitrogens is 1. The highest BCUT2D eigenvalue weighted by Gasteiger charge is 2.25. The number of H-pyrrole nitrogens is 1. The van der Waals surface area contributed by atoms with Crippen LogP contribution in [0.5, 0.6) is 0 Å². The van der Waals surface area contributed by atoms with E-state index < -0.39 is 6.04 Å². The van der Waals surface area contributed by atoms with Crippen LogP contribution >= 0.6 is 0 Å². The van der Waals surface area contributed by atoms with E-state index >= 15 is 0 Å². The summed E-state index contributed by atoms with van der Waals surface area (Å²) in [6, 6.07) is 25.8. The molecule has 0 amide bonds. The minimum Gasteiger partial charge on any atom is -0.360 e. The van der Waals surface area contributed by atoms with Crippen molar-refractivity contribution in [3.05, 3.63) is 107 Å². The lowest BCUT2D eigenvalue weighted by molar-refractivity contribution is 0.0945. The second kappa shape index (κ2) is 10.9. The molecule has 1 atom stereocenters. The zero-order valence-electron chi connectivity index (χ0n) is 20.7. The van der Waals surface area contributed by atoms with E-state index in [1.165, 1.54) is 18.4 Å². The smallest absolute Gasteiger partial charge is 0.186 e. The molecular formula is C31H32N4O. The SMILES string of the molecule is CN1CCC(c2ccc3c(C(=O)C(NCCc4ccc(C#N)cc4)c4ccccc4)c[nH]c3c2)CC1. The number of hydrogen-bond acceptors (Lipinski definition) is 4. The monoisotopic (exact) mass is 476 g/mol. The molecule has 1 fully saturated rings. The number of aromatic amines is 1. The molecule has 5 nitrogen and oxygen atoms in total.